The lowest BCUT2D eigenvalue weighted by Gasteiger charge is -2.35. The molecule has 12 aromatic carbocycles. The molecule has 4 amide bonds. The van der Waals surface area contributed by atoms with E-state index in [0.29, 0.717) is 58.7 Å². The Kier molecular flexibility index (Phi) is 26.4. The predicted molar refractivity (Wildman–Crippen MR) is 516 cm³/mol. The minimum Gasteiger partial charge on any atom is -0.466 e. The Morgan fingerprint density at radius 3 is 0.992 bits per heavy atom. The fourth-order valence-electron chi connectivity index (χ4n) is 20.3. The van der Waals surface area contributed by atoms with Gasteiger partial charge in [-0.15, -0.1) is 0 Å². The maximum Gasteiger partial charge on any atom is 0.305 e. The topological polar surface area (TPSA) is 116 Å². The summed E-state index contributed by atoms with van der Waals surface area (Å²) in [6.07, 6.45) is 43.6. The second-order valence-electron chi connectivity index (χ2n) is 35.1. The molecule has 0 saturated heterocycles. The normalized spacial score (nSPS) is 13.4. The van der Waals surface area contributed by atoms with Crippen molar-refractivity contribution in [2.24, 2.45) is 0 Å². The number of esters is 1. The van der Waals surface area contributed by atoms with Gasteiger partial charge in [-0.3, -0.25) is 33.8 Å². The average Bonchev–Trinajstić information content (AvgIpc) is 1.66. The van der Waals surface area contributed by atoms with Crippen LogP contribution < -0.4 is 0 Å². The van der Waals surface area contributed by atoms with Crippen LogP contribution in [0.2, 0.25) is 0 Å². The van der Waals surface area contributed by atoms with E-state index in [1.54, 1.807) is 4.90 Å². The smallest absolute Gasteiger partial charge is 0.305 e. The van der Waals surface area contributed by atoms with Crippen molar-refractivity contribution >= 4 is 175 Å². The van der Waals surface area contributed by atoms with Crippen LogP contribution in [0.15, 0.2) is 194 Å². The van der Waals surface area contributed by atoms with Gasteiger partial charge in [0.05, 0.1) is 6.61 Å². The van der Waals surface area contributed by atoms with Crippen LogP contribution in [0.4, 0.5) is 0 Å². The quantitative estimate of drug-likeness (QED) is 0.00939. The van der Waals surface area contributed by atoms with Gasteiger partial charge in [0.15, 0.2) is 0 Å². The molecule has 0 radical (unpaired) electrons. The minimum atomic E-state index is -0.320. The van der Waals surface area contributed by atoms with Gasteiger partial charge in [-0.25, -0.2) is 0 Å². The van der Waals surface area contributed by atoms with Gasteiger partial charge in [0.25, 0.3) is 23.6 Å². The van der Waals surface area contributed by atoms with E-state index in [1.165, 1.54) is 184 Å². The summed E-state index contributed by atoms with van der Waals surface area (Å²) in [6.45, 7) is 12.4. The molecule has 0 saturated carbocycles. The zero-order valence-electron chi connectivity index (χ0n) is 72.7. The van der Waals surface area contributed by atoms with Crippen molar-refractivity contribution in [2.75, 3.05) is 13.2 Å². The number of nitrogens with zero attached hydrogens (tertiary/aromatic N) is 5. The maximum atomic E-state index is 14.9. The lowest BCUT2D eigenvalue weighted by molar-refractivity contribution is -0.143. The van der Waals surface area contributed by atoms with E-state index in [2.05, 4.69) is 223 Å². The van der Waals surface area contributed by atoms with Gasteiger partial charge in [-0.05, 0) is 221 Å². The van der Waals surface area contributed by atoms with Crippen LogP contribution >= 0.6 is 0 Å². The number of carbonyl (C=O) groups is 5. The fraction of sp³-hybridized carbons (Fsp3) is 0.348. The molecule has 3 aromatic heterocycles. The second kappa shape index (κ2) is 38.8. The number of amides is 4. The number of imide groups is 2. The summed E-state index contributed by atoms with van der Waals surface area (Å²) >= 11 is 0. The molecule has 0 spiro atoms. The molecule has 5 heterocycles. The predicted octanol–water partition coefficient (Wildman–Crippen LogP) is 29.8. The number of ether oxygens (including phenoxy) is 1. The molecule has 0 fully saturated rings. The van der Waals surface area contributed by atoms with E-state index in [1.807, 2.05) is 48.5 Å². The molecule has 15 aromatic rings. The van der Waals surface area contributed by atoms with Crippen molar-refractivity contribution in [1.29, 1.82) is 0 Å². The molecule has 628 valence electrons. The molecular formula is C112H119N5O6. The highest BCUT2D eigenvalue weighted by Crippen LogP contribution is 2.48. The SMILES string of the molecule is CCCCCCCCC(CCCCCCCC)N1C(=O)c2ccc3c4ccc5c6c(ccc(c7ccc(c2c37)C1=O)c64)C(=O)N(CCCCCOC(=O)CCCCCn1c2ccccc2c2cc(/C=C/c3cc(/C=C/c4ccc6c(c4)c4ccccc4n6CCCCCC)cc(/C=C/c4ccc6c(c4)c4ccccc4n6CCCCCC)c3)ccc21)C5=O. The number of fused-ring (bicyclic) bond motifs is 11. The Bertz CT molecular complexity index is 6240. The first-order valence-corrected chi connectivity index (χ1v) is 46.8. The number of unbranched alkanes of at least 4 members (excludes halogenated alkanes) is 20. The fourth-order valence-corrected chi connectivity index (χ4v) is 20.3. The van der Waals surface area contributed by atoms with E-state index in [0.717, 1.165) is 132 Å². The molecule has 123 heavy (non-hydrogen) atoms. The van der Waals surface area contributed by atoms with E-state index in [4.69, 9.17) is 4.74 Å². The minimum absolute atomic E-state index is 0.154. The Labute approximate surface area is 724 Å². The van der Waals surface area contributed by atoms with E-state index >= 15 is 0 Å². The highest BCUT2D eigenvalue weighted by atomic mass is 16.5. The monoisotopic (exact) mass is 1630 g/mol. The Morgan fingerprint density at radius 1 is 0.285 bits per heavy atom. The number of hydrogen-bond donors (Lipinski definition) is 0. The van der Waals surface area contributed by atoms with Gasteiger partial charge >= 0.3 is 5.97 Å². The van der Waals surface area contributed by atoms with Crippen molar-refractivity contribution in [3.05, 3.63) is 250 Å². The third-order valence-corrected chi connectivity index (χ3v) is 26.7. The highest BCUT2D eigenvalue weighted by Gasteiger charge is 2.40. The number of para-hydroxylation sites is 3. The zero-order chi connectivity index (χ0) is 84.3. The molecular weight excluding hydrogens is 1510 g/mol. The van der Waals surface area contributed by atoms with E-state index in [-0.39, 0.29) is 48.8 Å². The molecule has 2 aliphatic rings. The first-order valence-electron chi connectivity index (χ1n) is 46.8. The molecule has 11 heteroatoms. The molecule has 0 atom stereocenters. The molecule has 11 nitrogen and oxygen atoms in total. The summed E-state index contributed by atoms with van der Waals surface area (Å²) in [5.74, 6) is -1.26. The zero-order valence-corrected chi connectivity index (χ0v) is 72.7. The van der Waals surface area contributed by atoms with Crippen molar-refractivity contribution < 1.29 is 28.7 Å². The standard InChI is InChI=1S/C112H119N5O6/c1-5-9-13-17-19-23-37-83(38-24-20-18-14-10-6-2)117-111(121)93-61-57-89-87-55-59-91-107-92(60-56-88(105(87)107)90-58-62-94(112(117)122)108(93)106(89)90)110(120)116(109(91)119)69-35-22-36-70-123-104(118)45-25-21-34-68-115-100-44-31-28-41-86(100)97-76-79(54-65-103(97)115)48-51-82-72-80(49-46-77-52-63-101-95(74-77)84-39-26-29-42-98(84)113(101)66-32-15-11-7-3)71-81(73-82)50-47-78-53-64-102-96(75-78)85-40-27-30-43-99(85)114(102)67-33-16-12-8-4/h26-31,39-44,46-65,71-76,83H,5-25,32-38,45,66-70H2,1-4H3/b49-46+,50-47+,51-48+. The van der Waals surface area contributed by atoms with Gasteiger partial charge in [-0.1, -0.05) is 283 Å². The van der Waals surface area contributed by atoms with Crippen molar-refractivity contribution in [3.63, 3.8) is 0 Å². The first kappa shape index (κ1) is 83.6. The first-order chi connectivity index (χ1) is 60.5. The van der Waals surface area contributed by atoms with Crippen LogP contribution in [-0.4, -0.2) is 72.3 Å². The molecule has 0 bridgehead atoms. The van der Waals surface area contributed by atoms with Crippen LogP contribution in [0.1, 0.15) is 289 Å². The number of hydrogen-bond acceptors (Lipinski definition) is 6. The third kappa shape index (κ3) is 17.5. The van der Waals surface area contributed by atoms with E-state index < -0.39 is 0 Å². The van der Waals surface area contributed by atoms with Crippen LogP contribution in [0.3, 0.4) is 0 Å². The van der Waals surface area contributed by atoms with Crippen molar-refractivity contribution in [3.8, 4) is 0 Å². The molecule has 17 rings (SSSR count). The van der Waals surface area contributed by atoms with Crippen molar-refractivity contribution in [1.82, 2.24) is 23.5 Å². The highest BCUT2D eigenvalue weighted by molar-refractivity contribution is 6.41. The molecule has 0 N–H and O–H groups in total. The van der Waals surface area contributed by atoms with Gasteiger partial charge in [0.1, 0.15) is 0 Å². The number of benzene rings is 12. The summed E-state index contributed by atoms with van der Waals surface area (Å²) in [5, 5.41) is 14.2. The third-order valence-electron chi connectivity index (χ3n) is 26.7. The Balaban J connectivity index is 0.520. The summed E-state index contributed by atoms with van der Waals surface area (Å²) in [7, 11) is 0. The largest absolute Gasteiger partial charge is 0.466 e. The Hall–Kier alpha value is -11.7. The van der Waals surface area contributed by atoms with Crippen LogP contribution in [0, 0.1) is 0 Å². The summed E-state index contributed by atoms with van der Waals surface area (Å²) in [6, 6.07) is 69.4. The number of carbonyl (C=O) groups excluding carboxylic acids is 5. The van der Waals surface area contributed by atoms with Gasteiger partial charge in [0, 0.05) is 137 Å². The lowest BCUT2D eigenvalue weighted by Crippen LogP contribution is -2.47. The second-order valence-corrected chi connectivity index (χ2v) is 35.1. The van der Waals surface area contributed by atoms with E-state index in [9.17, 15) is 24.0 Å². The van der Waals surface area contributed by atoms with Crippen LogP contribution in [0.25, 0.3) is 145 Å². The molecule has 0 aliphatic carbocycles. The molecule has 0 unspecified atom stereocenters. The number of aromatic nitrogens is 3. The Morgan fingerprint density at radius 2 is 0.602 bits per heavy atom. The van der Waals surface area contributed by atoms with Gasteiger partial charge in [0.2, 0.25) is 0 Å². The summed E-state index contributed by atoms with van der Waals surface area (Å²) in [5.41, 5.74) is 16.5. The number of rotatable bonds is 43. The van der Waals surface area contributed by atoms with Crippen molar-refractivity contribution in [2.45, 2.75) is 240 Å². The van der Waals surface area contributed by atoms with Gasteiger partial charge in [-0.2, -0.15) is 0 Å². The van der Waals surface area contributed by atoms with Crippen LogP contribution in [-0.2, 0) is 29.2 Å². The van der Waals surface area contributed by atoms with Gasteiger partial charge < -0.3 is 18.4 Å². The molecule has 2 aliphatic heterocycles. The lowest BCUT2D eigenvalue weighted by atomic mass is 9.82. The average molecular weight is 1630 g/mol. The number of aryl methyl sites for hydroxylation is 3. The van der Waals surface area contributed by atoms with Crippen LogP contribution in [0.5, 0.6) is 0 Å². The summed E-state index contributed by atoms with van der Waals surface area (Å²) < 4.78 is 13.3. The maximum absolute atomic E-state index is 14.9. The summed E-state index contributed by atoms with van der Waals surface area (Å²) in [4.78, 5) is 74.9.